The van der Waals surface area contributed by atoms with E-state index in [4.69, 9.17) is 19.3 Å². The number of phosphoric ester groups is 1. The molecule has 9 heteroatoms. The van der Waals surface area contributed by atoms with Crippen LogP contribution in [-0.2, 0) is 28.2 Å². The van der Waals surface area contributed by atoms with Gasteiger partial charge in [-0.1, -0.05) is 107 Å². The molecule has 0 aromatic carbocycles. The molecular weight excluding hydrogens is 591 g/mol. The average molecular weight is 653 g/mol. The van der Waals surface area contributed by atoms with E-state index in [1.807, 2.05) is 0 Å². The highest BCUT2D eigenvalue weighted by Crippen LogP contribution is 2.35. The predicted octanol–water partition coefficient (Wildman–Crippen LogP) is 9.78. The summed E-state index contributed by atoms with van der Waals surface area (Å²) in [6.45, 7) is 3.47. The number of allylic oxidation sites excluding steroid dienone is 10. The largest absolute Gasteiger partial charge is 0.469 e. The first-order valence-corrected chi connectivity index (χ1v) is 18.6. The molecule has 258 valence electrons. The second kappa shape index (κ2) is 31.7. The predicted molar refractivity (Wildman–Crippen MR) is 184 cm³/mol. The summed E-state index contributed by atoms with van der Waals surface area (Å²) < 4.78 is 26.2. The lowest BCUT2D eigenvalue weighted by molar-refractivity contribution is -0.161. The molecule has 0 heterocycles. The Bertz CT molecular complexity index is 916. The standard InChI is InChI=1S/C36H61O8P/c1-3-5-7-9-11-13-15-17-18-19-21-22-24-26-28-30-35(37)42-32-34(33-43-45(39,40)41)44-36(38)31-29-27-25-23-20-16-14-12-10-8-6-4-2/h5,7,11-14,17-18,21-22,34H,3-4,6,8-10,15-16,19-20,23-33H2,1-2H3,(H2,39,40,41)/b7-5-,13-11-,14-12-,18-17-,22-21-/t34-/m1/s1. The van der Waals surface area contributed by atoms with Gasteiger partial charge in [0.25, 0.3) is 0 Å². The zero-order chi connectivity index (χ0) is 33.3. The quantitative estimate of drug-likeness (QED) is 0.0341. The maximum atomic E-state index is 12.3. The summed E-state index contributed by atoms with van der Waals surface area (Å²) in [5.74, 6) is -0.952. The summed E-state index contributed by atoms with van der Waals surface area (Å²) in [6, 6.07) is 0. The zero-order valence-corrected chi connectivity index (χ0v) is 28.9. The lowest BCUT2D eigenvalue weighted by Crippen LogP contribution is -2.29. The molecule has 0 radical (unpaired) electrons. The van der Waals surface area contributed by atoms with Crippen LogP contribution in [0.1, 0.15) is 136 Å². The van der Waals surface area contributed by atoms with E-state index in [9.17, 15) is 14.2 Å². The van der Waals surface area contributed by atoms with Crippen LogP contribution in [0.15, 0.2) is 60.8 Å². The van der Waals surface area contributed by atoms with Crippen molar-refractivity contribution < 1.29 is 37.9 Å². The molecule has 0 aliphatic heterocycles. The van der Waals surface area contributed by atoms with Crippen LogP contribution < -0.4 is 0 Å². The molecule has 8 nitrogen and oxygen atoms in total. The molecule has 2 N–H and O–H groups in total. The molecule has 0 aliphatic carbocycles. The van der Waals surface area contributed by atoms with E-state index in [0.717, 1.165) is 77.0 Å². The summed E-state index contributed by atoms with van der Waals surface area (Å²) in [4.78, 5) is 42.5. The molecule has 0 spiro atoms. The van der Waals surface area contributed by atoms with Crippen molar-refractivity contribution in [2.75, 3.05) is 13.2 Å². The maximum Gasteiger partial charge on any atom is 0.469 e. The number of hydrogen-bond acceptors (Lipinski definition) is 6. The van der Waals surface area contributed by atoms with Crippen molar-refractivity contribution in [2.45, 2.75) is 142 Å². The molecule has 0 saturated heterocycles. The second-order valence-corrected chi connectivity index (χ2v) is 12.3. The van der Waals surface area contributed by atoms with Crippen molar-refractivity contribution >= 4 is 19.8 Å². The van der Waals surface area contributed by atoms with Crippen LogP contribution in [0.5, 0.6) is 0 Å². The summed E-state index contributed by atoms with van der Waals surface area (Å²) >= 11 is 0. The fourth-order valence-corrected chi connectivity index (χ4v) is 4.60. The van der Waals surface area contributed by atoms with Crippen LogP contribution in [0.3, 0.4) is 0 Å². The van der Waals surface area contributed by atoms with E-state index in [1.54, 1.807) is 0 Å². The maximum absolute atomic E-state index is 12.3. The molecule has 0 bridgehead atoms. The lowest BCUT2D eigenvalue weighted by Gasteiger charge is -2.18. The van der Waals surface area contributed by atoms with Crippen LogP contribution in [-0.4, -0.2) is 41.0 Å². The molecule has 0 saturated carbocycles. The number of rotatable bonds is 30. The Morgan fingerprint density at radius 2 is 1.07 bits per heavy atom. The highest BCUT2D eigenvalue weighted by Gasteiger charge is 2.22. The summed E-state index contributed by atoms with van der Waals surface area (Å²) in [5, 5.41) is 0. The minimum atomic E-state index is -4.76. The average Bonchev–Trinajstić information content (AvgIpc) is 3.00. The Kier molecular flexibility index (Phi) is 30.1. The van der Waals surface area contributed by atoms with Gasteiger partial charge in [0.05, 0.1) is 6.61 Å². The first kappa shape index (κ1) is 42.8. The van der Waals surface area contributed by atoms with Crippen molar-refractivity contribution in [1.82, 2.24) is 0 Å². The van der Waals surface area contributed by atoms with Gasteiger partial charge >= 0.3 is 19.8 Å². The topological polar surface area (TPSA) is 119 Å². The number of ether oxygens (including phenoxy) is 2. The number of carbonyl (C=O) groups excluding carboxylic acids is 2. The number of unbranched alkanes of at least 4 members (excludes halogenated alkanes) is 10. The molecule has 0 fully saturated rings. The van der Waals surface area contributed by atoms with Gasteiger partial charge in [-0.2, -0.15) is 0 Å². The Labute approximate surface area is 273 Å². The Hall–Kier alpha value is -2.25. The fourth-order valence-electron chi connectivity index (χ4n) is 4.24. The van der Waals surface area contributed by atoms with Crippen molar-refractivity contribution in [1.29, 1.82) is 0 Å². The van der Waals surface area contributed by atoms with Gasteiger partial charge < -0.3 is 19.3 Å². The normalized spacial score (nSPS) is 13.2. The fraction of sp³-hybridized carbons (Fsp3) is 0.667. The van der Waals surface area contributed by atoms with Gasteiger partial charge in [-0.3, -0.25) is 14.1 Å². The molecule has 0 rings (SSSR count). The van der Waals surface area contributed by atoms with Crippen molar-refractivity contribution in [3.05, 3.63) is 60.8 Å². The van der Waals surface area contributed by atoms with Crippen molar-refractivity contribution in [2.24, 2.45) is 0 Å². The molecule has 0 aliphatic rings. The van der Waals surface area contributed by atoms with Gasteiger partial charge in [-0.15, -0.1) is 0 Å². The van der Waals surface area contributed by atoms with E-state index >= 15 is 0 Å². The summed E-state index contributed by atoms with van der Waals surface area (Å²) in [6.07, 6.45) is 38.0. The second-order valence-electron chi connectivity index (χ2n) is 11.1. The van der Waals surface area contributed by atoms with Gasteiger partial charge in [0.1, 0.15) is 6.61 Å². The molecular formula is C36H61O8P. The van der Waals surface area contributed by atoms with Crippen LogP contribution in [0.2, 0.25) is 0 Å². The van der Waals surface area contributed by atoms with Gasteiger partial charge in [-0.05, 0) is 77.0 Å². The lowest BCUT2D eigenvalue weighted by atomic mass is 10.1. The van der Waals surface area contributed by atoms with Gasteiger partial charge in [-0.25, -0.2) is 4.57 Å². The number of esters is 2. The summed E-state index contributed by atoms with van der Waals surface area (Å²) in [5.41, 5.74) is 0. The Morgan fingerprint density at radius 3 is 1.67 bits per heavy atom. The third-order valence-electron chi connectivity index (χ3n) is 6.77. The van der Waals surface area contributed by atoms with Gasteiger partial charge in [0, 0.05) is 12.8 Å². The van der Waals surface area contributed by atoms with Crippen LogP contribution in [0.25, 0.3) is 0 Å². The first-order valence-electron chi connectivity index (χ1n) is 17.1. The Morgan fingerprint density at radius 1 is 0.600 bits per heavy atom. The highest BCUT2D eigenvalue weighted by atomic mass is 31.2. The third kappa shape index (κ3) is 34.5. The molecule has 0 aromatic rings. The molecule has 45 heavy (non-hydrogen) atoms. The van der Waals surface area contributed by atoms with Crippen molar-refractivity contribution in [3.8, 4) is 0 Å². The summed E-state index contributed by atoms with van der Waals surface area (Å²) in [7, 11) is -4.76. The minimum absolute atomic E-state index is 0.189. The highest BCUT2D eigenvalue weighted by molar-refractivity contribution is 7.46. The SMILES string of the molecule is CC/C=C\C/C=C\C/C=C\C/C=C\CCCCC(=O)OC[C@H](COP(=O)(O)O)OC(=O)CCCCCCC/C=C\CCCCC. The van der Waals surface area contributed by atoms with Crippen molar-refractivity contribution in [3.63, 3.8) is 0 Å². The van der Waals surface area contributed by atoms with E-state index in [1.165, 1.54) is 19.3 Å². The molecule has 1 atom stereocenters. The zero-order valence-electron chi connectivity index (χ0n) is 28.0. The van der Waals surface area contributed by atoms with E-state index in [2.05, 4.69) is 79.1 Å². The Balaban J connectivity index is 4.12. The van der Waals surface area contributed by atoms with E-state index in [-0.39, 0.29) is 19.4 Å². The number of phosphoric acid groups is 1. The molecule has 0 aromatic heterocycles. The van der Waals surface area contributed by atoms with Crippen LogP contribution in [0.4, 0.5) is 0 Å². The van der Waals surface area contributed by atoms with E-state index < -0.39 is 32.5 Å². The smallest absolute Gasteiger partial charge is 0.462 e. The van der Waals surface area contributed by atoms with Gasteiger partial charge in [0.2, 0.25) is 0 Å². The van der Waals surface area contributed by atoms with Crippen LogP contribution in [0, 0.1) is 0 Å². The monoisotopic (exact) mass is 652 g/mol. The first-order chi connectivity index (χ1) is 21.8. The van der Waals surface area contributed by atoms with Crippen LogP contribution >= 0.6 is 7.82 Å². The van der Waals surface area contributed by atoms with Gasteiger partial charge in [0.15, 0.2) is 6.10 Å². The third-order valence-corrected chi connectivity index (χ3v) is 7.26. The molecule has 0 unspecified atom stereocenters. The molecule has 0 amide bonds. The number of hydrogen-bond donors (Lipinski definition) is 2. The minimum Gasteiger partial charge on any atom is -0.462 e. The van der Waals surface area contributed by atoms with E-state index in [0.29, 0.717) is 12.8 Å². The number of carbonyl (C=O) groups is 2.